The van der Waals surface area contributed by atoms with Crippen LogP contribution < -0.4 is 5.32 Å². The molecule has 3 saturated heterocycles. The summed E-state index contributed by atoms with van der Waals surface area (Å²) in [6.45, 7) is 7.39. The summed E-state index contributed by atoms with van der Waals surface area (Å²) in [6.07, 6.45) is 4.97. The Morgan fingerprint density at radius 3 is 2.89 bits per heavy atom. The van der Waals surface area contributed by atoms with Crippen LogP contribution in [0.5, 0.6) is 0 Å². The van der Waals surface area contributed by atoms with E-state index in [2.05, 4.69) is 22.0 Å². The minimum Gasteiger partial charge on any atom is -0.337 e. The molecule has 3 atom stereocenters. The van der Waals surface area contributed by atoms with Gasteiger partial charge in [0.15, 0.2) is 0 Å². The van der Waals surface area contributed by atoms with Crippen LogP contribution in [0.3, 0.4) is 0 Å². The van der Waals surface area contributed by atoms with Crippen molar-refractivity contribution in [3.63, 3.8) is 0 Å². The molecule has 3 unspecified atom stereocenters. The van der Waals surface area contributed by atoms with Crippen molar-refractivity contribution in [2.24, 2.45) is 5.92 Å². The number of piperidine rings is 1. The number of piperazine rings is 1. The van der Waals surface area contributed by atoms with Crippen LogP contribution >= 0.6 is 0 Å². The summed E-state index contributed by atoms with van der Waals surface area (Å²) in [4.78, 5) is 17.3. The molecule has 4 heteroatoms. The molecule has 3 fully saturated rings. The second-order valence-electron chi connectivity index (χ2n) is 6.17. The fourth-order valence-corrected chi connectivity index (χ4v) is 3.76. The molecule has 0 spiro atoms. The van der Waals surface area contributed by atoms with E-state index < -0.39 is 0 Å². The van der Waals surface area contributed by atoms with Crippen molar-refractivity contribution in [2.45, 2.75) is 44.7 Å². The van der Waals surface area contributed by atoms with E-state index in [1.54, 1.807) is 0 Å². The Morgan fingerprint density at radius 1 is 1.22 bits per heavy atom. The number of nitrogens with zero attached hydrogens (tertiary/aromatic N) is 2. The standard InChI is InChI=1S/C14H25N3O/c1-11-9-16-7-3-2-4-13(16)10-17(11)14(18)12-5-6-15-8-12/h11-13,15H,2-10H2,1H3. The first-order valence-corrected chi connectivity index (χ1v) is 7.51. The maximum atomic E-state index is 12.6. The molecule has 1 N–H and O–H groups in total. The Bertz CT molecular complexity index is 314. The highest BCUT2D eigenvalue weighted by atomic mass is 16.2. The van der Waals surface area contributed by atoms with Gasteiger partial charge in [-0.1, -0.05) is 6.42 Å². The van der Waals surface area contributed by atoms with Gasteiger partial charge in [0.1, 0.15) is 0 Å². The third-order valence-corrected chi connectivity index (χ3v) is 4.88. The van der Waals surface area contributed by atoms with Gasteiger partial charge < -0.3 is 10.2 Å². The molecule has 4 nitrogen and oxygen atoms in total. The fourth-order valence-electron chi connectivity index (χ4n) is 3.76. The predicted molar refractivity (Wildman–Crippen MR) is 71.4 cm³/mol. The van der Waals surface area contributed by atoms with E-state index in [0.29, 0.717) is 18.0 Å². The lowest BCUT2D eigenvalue weighted by Crippen LogP contribution is -2.61. The minimum absolute atomic E-state index is 0.239. The first-order chi connectivity index (χ1) is 8.75. The van der Waals surface area contributed by atoms with Crippen molar-refractivity contribution < 1.29 is 4.79 Å². The molecule has 3 rings (SSSR count). The second kappa shape index (κ2) is 5.17. The van der Waals surface area contributed by atoms with Crippen LogP contribution in [0.4, 0.5) is 0 Å². The average molecular weight is 251 g/mol. The Labute approximate surface area is 110 Å². The van der Waals surface area contributed by atoms with Crippen LogP contribution in [0, 0.1) is 5.92 Å². The zero-order chi connectivity index (χ0) is 12.5. The lowest BCUT2D eigenvalue weighted by atomic mass is 9.95. The third-order valence-electron chi connectivity index (χ3n) is 4.88. The molecule has 3 heterocycles. The van der Waals surface area contributed by atoms with Gasteiger partial charge in [0, 0.05) is 31.7 Å². The zero-order valence-electron chi connectivity index (χ0n) is 11.4. The summed E-state index contributed by atoms with van der Waals surface area (Å²) in [5, 5.41) is 3.31. The van der Waals surface area contributed by atoms with Gasteiger partial charge in [-0.25, -0.2) is 0 Å². The average Bonchev–Trinajstić information content (AvgIpc) is 2.91. The number of amides is 1. The van der Waals surface area contributed by atoms with Crippen LogP contribution in [0.25, 0.3) is 0 Å². The smallest absolute Gasteiger partial charge is 0.227 e. The van der Waals surface area contributed by atoms with E-state index >= 15 is 0 Å². The Morgan fingerprint density at radius 2 is 2.11 bits per heavy atom. The summed E-state index contributed by atoms with van der Waals surface area (Å²) in [6, 6.07) is 1.03. The van der Waals surface area contributed by atoms with E-state index in [0.717, 1.165) is 32.6 Å². The van der Waals surface area contributed by atoms with Gasteiger partial charge in [-0.3, -0.25) is 9.69 Å². The Balaban J connectivity index is 1.66. The van der Waals surface area contributed by atoms with Crippen LogP contribution in [0.1, 0.15) is 32.6 Å². The predicted octanol–water partition coefficient (Wildman–Crippen LogP) is 0.681. The highest BCUT2D eigenvalue weighted by Crippen LogP contribution is 2.25. The summed E-state index contributed by atoms with van der Waals surface area (Å²) in [5.41, 5.74) is 0. The van der Waals surface area contributed by atoms with Crippen LogP contribution in [-0.4, -0.2) is 60.5 Å². The maximum Gasteiger partial charge on any atom is 0.227 e. The van der Waals surface area contributed by atoms with Gasteiger partial charge in [-0.15, -0.1) is 0 Å². The lowest BCUT2D eigenvalue weighted by molar-refractivity contribution is -0.141. The van der Waals surface area contributed by atoms with Crippen molar-refractivity contribution in [3.05, 3.63) is 0 Å². The van der Waals surface area contributed by atoms with E-state index in [1.165, 1.54) is 25.8 Å². The van der Waals surface area contributed by atoms with Crippen LogP contribution in [-0.2, 0) is 4.79 Å². The molecule has 0 saturated carbocycles. The Kier molecular flexibility index (Phi) is 3.57. The number of nitrogens with one attached hydrogen (secondary N) is 1. The summed E-state index contributed by atoms with van der Waals surface area (Å²) in [7, 11) is 0. The SMILES string of the molecule is CC1CN2CCCCC2CN1C(=O)C1CCNC1. The zero-order valence-corrected chi connectivity index (χ0v) is 11.4. The number of hydrogen-bond donors (Lipinski definition) is 1. The lowest BCUT2D eigenvalue weighted by Gasteiger charge is -2.48. The maximum absolute atomic E-state index is 12.6. The molecular formula is C14H25N3O. The molecule has 18 heavy (non-hydrogen) atoms. The molecule has 0 aromatic carbocycles. The molecule has 0 aromatic heterocycles. The van der Waals surface area contributed by atoms with E-state index in [9.17, 15) is 4.79 Å². The van der Waals surface area contributed by atoms with Crippen molar-refractivity contribution in [3.8, 4) is 0 Å². The van der Waals surface area contributed by atoms with Gasteiger partial charge >= 0.3 is 0 Å². The first-order valence-electron chi connectivity index (χ1n) is 7.51. The molecule has 3 aliphatic heterocycles. The molecule has 0 radical (unpaired) electrons. The topological polar surface area (TPSA) is 35.6 Å². The highest BCUT2D eigenvalue weighted by molar-refractivity contribution is 5.80. The van der Waals surface area contributed by atoms with Crippen molar-refractivity contribution >= 4 is 5.91 Å². The Hall–Kier alpha value is -0.610. The molecule has 0 aliphatic carbocycles. The van der Waals surface area contributed by atoms with Crippen LogP contribution in [0.2, 0.25) is 0 Å². The van der Waals surface area contributed by atoms with Gasteiger partial charge in [-0.05, 0) is 39.3 Å². The molecule has 3 aliphatic rings. The quantitative estimate of drug-likeness (QED) is 0.744. The summed E-state index contributed by atoms with van der Waals surface area (Å²) in [5.74, 6) is 0.639. The summed E-state index contributed by atoms with van der Waals surface area (Å²) >= 11 is 0. The van der Waals surface area contributed by atoms with Gasteiger partial charge in [-0.2, -0.15) is 0 Å². The number of hydrogen-bond acceptors (Lipinski definition) is 3. The minimum atomic E-state index is 0.239. The monoisotopic (exact) mass is 251 g/mol. The molecule has 0 bridgehead atoms. The largest absolute Gasteiger partial charge is 0.337 e. The van der Waals surface area contributed by atoms with E-state index in [-0.39, 0.29) is 5.92 Å². The van der Waals surface area contributed by atoms with E-state index in [4.69, 9.17) is 0 Å². The second-order valence-corrected chi connectivity index (χ2v) is 6.17. The number of fused-ring (bicyclic) bond motifs is 1. The van der Waals surface area contributed by atoms with Crippen molar-refractivity contribution in [2.75, 3.05) is 32.7 Å². The van der Waals surface area contributed by atoms with Gasteiger partial charge in [0.2, 0.25) is 5.91 Å². The van der Waals surface area contributed by atoms with Crippen molar-refractivity contribution in [1.29, 1.82) is 0 Å². The van der Waals surface area contributed by atoms with E-state index in [1.807, 2.05) is 0 Å². The van der Waals surface area contributed by atoms with Crippen LogP contribution in [0.15, 0.2) is 0 Å². The fraction of sp³-hybridized carbons (Fsp3) is 0.929. The molecule has 102 valence electrons. The molecule has 0 aromatic rings. The van der Waals surface area contributed by atoms with Gasteiger partial charge in [0.25, 0.3) is 0 Å². The number of carbonyl (C=O) groups is 1. The summed E-state index contributed by atoms with van der Waals surface area (Å²) < 4.78 is 0. The third kappa shape index (κ3) is 2.28. The number of rotatable bonds is 1. The normalized spacial score (nSPS) is 37.6. The van der Waals surface area contributed by atoms with Crippen molar-refractivity contribution in [1.82, 2.24) is 15.1 Å². The molecular weight excluding hydrogens is 226 g/mol. The number of carbonyl (C=O) groups excluding carboxylic acids is 1. The molecule has 1 amide bonds. The van der Waals surface area contributed by atoms with Gasteiger partial charge in [0.05, 0.1) is 5.92 Å². The first kappa shape index (κ1) is 12.4. The highest BCUT2D eigenvalue weighted by Gasteiger charge is 2.37.